The van der Waals surface area contributed by atoms with E-state index in [1.165, 1.54) is 17.2 Å². The lowest BCUT2D eigenvalue weighted by atomic mass is 10.1. The highest BCUT2D eigenvalue weighted by atomic mass is 32.1. The number of ether oxygens (including phenoxy) is 1. The summed E-state index contributed by atoms with van der Waals surface area (Å²) < 4.78 is 7.17. The summed E-state index contributed by atoms with van der Waals surface area (Å²) >= 11 is 5.06. The third-order valence-electron chi connectivity index (χ3n) is 3.17. The predicted octanol–water partition coefficient (Wildman–Crippen LogP) is -0.900. The Morgan fingerprint density at radius 3 is 2.89 bits per heavy atom. The van der Waals surface area contributed by atoms with Crippen LogP contribution in [-0.2, 0) is 4.74 Å². The Kier molecular flexibility index (Phi) is 3.07. The van der Waals surface area contributed by atoms with Gasteiger partial charge in [0.15, 0.2) is 6.23 Å². The fourth-order valence-electron chi connectivity index (χ4n) is 2.16. The molecule has 0 amide bonds. The van der Waals surface area contributed by atoms with E-state index in [1.54, 1.807) is 0 Å². The standard InChI is InChI=1S/C10H12N4O4S/c15-2-5-6(16)7(17)10(18-5)14-8-4(1-13-14)9(19)12-3-11-8/h1,3,5-7,10,15-17H,2H2,(H,11,12,19)/t5-,6-,7-,10?/m1/s1. The van der Waals surface area contributed by atoms with E-state index in [2.05, 4.69) is 15.1 Å². The van der Waals surface area contributed by atoms with Gasteiger partial charge in [-0.25, -0.2) is 9.67 Å². The molecular formula is C10H12N4O4S. The molecule has 3 heterocycles. The molecule has 1 saturated heterocycles. The van der Waals surface area contributed by atoms with Gasteiger partial charge < -0.3 is 25.0 Å². The quantitative estimate of drug-likeness (QED) is 0.528. The zero-order chi connectivity index (χ0) is 13.6. The monoisotopic (exact) mass is 284 g/mol. The Morgan fingerprint density at radius 1 is 1.42 bits per heavy atom. The van der Waals surface area contributed by atoms with Gasteiger partial charge in [-0.15, -0.1) is 0 Å². The van der Waals surface area contributed by atoms with Crippen LogP contribution in [0.25, 0.3) is 11.0 Å². The van der Waals surface area contributed by atoms with E-state index in [-0.39, 0.29) is 6.61 Å². The number of fused-ring (bicyclic) bond motifs is 1. The first kappa shape index (κ1) is 12.6. The van der Waals surface area contributed by atoms with Crippen molar-refractivity contribution in [3.63, 3.8) is 0 Å². The molecule has 4 atom stereocenters. The van der Waals surface area contributed by atoms with Crippen molar-refractivity contribution in [2.24, 2.45) is 0 Å². The molecule has 2 aromatic rings. The summed E-state index contributed by atoms with van der Waals surface area (Å²) in [5.74, 6) is 0. The summed E-state index contributed by atoms with van der Waals surface area (Å²) in [6.07, 6.45) is -1.16. The first-order valence-corrected chi connectivity index (χ1v) is 6.07. The van der Waals surface area contributed by atoms with Crippen molar-refractivity contribution in [2.45, 2.75) is 24.5 Å². The average Bonchev–Trinajstić information content (AvgIpc) is 2.94. The van der Waals surface area contributed by atoms with E-state index in [0.717, 1.165) is 0 Å². The number of nitrogens with one attached hydrogen (secondary N) is 1. The molecule has 0 bridgehead atoms. The Bertz CT molecular complexity index is 656. The Balaban J connectivity index is 2.06. The maximum atomic E-state index is 9.96. The normalized spacial score (nSPS) is 31.1. The number of aromatic nitrogens is 4. The molecule has 19 heavy (non-hydrogen) atoms. The second-order valence-corrected chi connectivity index (χ2v) is 4.67. The van der Waals surface area contributed by atoms with Crippen LogP contribution >= 0.6 is 12.2 Å². The highest BCUT2D eigenvalue weighted by molar-refractivity contribution is 7.71. The smallest absolute Gasteiger partial charge is 0.181 e. The van der Waals surface area contributed by atoms with E-state index >= 15 is 0 Å². The lowest BCUT2D eigenvalue weighted by molar-refractivity contribution is -0.0566. The van der Waals surface area contributed by atoms with Gasteiger partial charge in [-0.05, 0) is 0 Å². The Morgan fingerprint density at radius 2 is 2.21 bits per heavy atom. The van der Waals surface area contributed by atoms with Crippen LogP contribution in [0, 0.1) is 4.64 Å². The van der Waals surface area contributed by atoms with Gasteiger partial charge in [0.05, 0.1) is 24.5 Å². The molecule has 4 N–H and O–H groups in total. The largest absolute Gasteiger partial charge is 0.394 e. The van der Waals surface area contributed by atoms with Gasteiger partial charge in [-0.3, -0.25) is 0 Å². The predicted molar refractivity (Wildman–Crippen MR) is 65.7 cm³/mol. The summed E-state index contributed by atoms with van der Waals surface area (Å²) in [7, 11) is 0. The van der Waals surface area contributed by atoms with Crippen LogP contribution in [0.3, 0.4) is 0 Å². The molecule has 1 aliphatic rings. The lowest BCUT2D eigenvalue weighted by Crippen LogP contribution is -2.33. The fourth-order valence-corrected chi connectivity index (χ4v) is 2.36. The molecule has 8 nitrogen and oxygen atoms in total. The number of rotatable bonds is 2. The van der Waals surface area contributed by atoms with Gasteiger partial charge in [-0.1, -0.05) is 12.2 Å². The van der Waals surface area contributed by atoms with Gasteiger partial charge in [0.1, 0.15) is 28.6 Å². The number of aromatic amines is 1. The van der Waals surface area contributed by atoms with E-state index in [9.17, 15) is 10.2 Å². The molecular weight excluding hydrogens is 272 g/mol. The molecule has 2 aromatic heterocycles. The first-order chi connectivity index (χ1) is 9.13. The van der Waals surface area contributed by atoms with Gasteiger partial charge in [-0.2, -0.15) is 5.10 Å². The van der Waals surface area contributed by atoms with Crippen molar-refractivity contribution < 1.29 is 20.1 Å². The number of H-pyrrole nitrogens is 1. The zero-order valence-corrected chi connectivity index (χ0v) is 10.5. The summed E-state index contributed by atoms with van der Waals surface area (Å²) in [4.78, 5) is 6.80. The minimum absolute atomic E-state index is 0.381. The SMILES string of the molecule is OC[C@H]1OC(n2ncc3c(=S)nc[nH]c32)[C@H](O)[C@@H]1O. The molecule has 1 aliphatic heterocycles. The number of nitrogens with zero attached hydrogens (tertiary/aromatic N) is 3. The number of aliphatic hydroxyl groups is 3. The summed E-state index contributed by atoms with van der Waals surface area (Å²) in [5.41, 5.74) is 0.537. The molecule has 0 aliphatic carbocycles. The van der Waals surface area contributed by atoms with Crippen molar-refractivity contribution in [2.75, 3.05) is 6.61 Å². The van der Waals surface area contributed by atoms with Gasteiger partial charge in [0.2, 0.25) is 0 Å². The summed E-state index contributed by atoms with van der Waals surface area (Å²) in [6, 6.07) is 0. The molecule has 0 aromatic carbocycles. The molecule has 1 fully saturated rings. The van der Waals surface area contributed by atoms with Crippen LogP contribution in [-0.4, -0.2) is 60.0 Å². The number of hydrogen-bond donors (Lipinski definition) is 4. The highest BCUT2D eigenvalue weighted by Gasteiger charge is 2.44. The van der Waals surface area contributed by atoms with Crippen LogP contribution in [0.4, 0.5) is 0 Å². The van der Waals surface area contributed by atoms with Crippen molar-refractivity contribution in [3.05, 3.63) is 17.2 Å². The van der Waals surface area contributed by atoms with Crippen LogP contribution in [0.1, 0.15) is 6.23 Å². The van der Waals surface area contributed by atoms with Crippen molar-refractivity contribution >= 4 is 23.3 Å². The van der Waals surface area contributed by atoms with Crippen LogP contribution < -0.4 is 0 Å². The molecule has 0 spiro atoms. The number of aliphatic hydroxyl groups excluding tert-OH is 3. The Hall–Kier alpha value is -1.39. The van der Waals surface area contributed by atoms with E-state index < -0.39 is 24.5 Å². The minimum atomic E-state index is -1.18. The van der Waals surface area contributed by atoms with Crippen LogP contribution in [0.2, 0.25) is 0 Å². The van der Waals surface area contributed by atoms with Gasteiger partial charge >= 0.3 is 0 Å². The third kappa shape index (κ3) is 1.86. The Labute approximate surface area is 112 Å². The molecule has 9 heteroatoms. The molecule has 3 rings (SSSR count). The molecule has 0 saturated carbocycles. The van der Waals surface area contributed by atoms with E-state index in [1.807, 2.05) is 0 Å². The summed E-state index contributed by atoms with van der Waals surface area (Å²) in [6.45, 7) is -0.383. The van der Waals surface area contributed by atoms with Gasteiger partial charge in [0, 0.05) is 0 Å². The molecule has 102 valence electrons. The zero-order valence-electron chi connectivity index (χ0n) is 9.67. The third-order valence-corrected chi connectivity index (χ3v) is 3.49. The second-order valence-electron chi connectivity index (χ2n) is 4.29. The summed E-state index contributed by atoms with van der Waals surface area (Å²) in [5, 5.41) is 33.5. The molecule has 1 unspecified atom stereocenters. The molecule has 0 radical (unpaired) electrons. The first-order valence-electron chi connectivity index (χ1n) is 5.67. The van der Waals surface area contributed by atoms with Crippen LogP contribution in [0.5, 0.6) is 0 Å². The van der Waals surface area contributed by atoms with E-state index in [0.29, 0.717) is 15.7 Å². The lowest BCUT2D eigenvalue weighted by Gasteiger charge is -2.15. The minimum Gasteiger partial charge on any atom is -0.394 e. The van der Waals surface area contributed by atoms with Crippen molar-refractivity contribution in [1.29, 1.82) is 0 Å². The second kappa shape index (κ2) is 4.62. The maximum absolute atomic E-state index is 9.96. The van der Waals surface area contributed by atoms with Crippen molar-refractivity contribution in [3.8, 4) is 0 Å². The average molecular weight is 284 g/mol. The van der Waals surface area contributed by atoms with Crippen LogP contribution in [0.15, 0.2) is 12.5 Å². The highest BCUT2D eigenvalue weighted by Crippen LogP contribution is 2.30. The maximum Gasteiger partial charge on any atom is 0.181 e. The van der Waals surface area contributed by atoms with Crippen molar-refractivity contribution in [1.82, 2.24) is 19.7 Å². The van der Waals surface area contributed by atoms with Gasteiger partial charge in [0.25, 0.3) is 0 Å². The fraction of sp³-hybridized carbons (Fsp3) is 0.500. The topological polar surface area (TPSA) is 116 Å². The van der Waals surface area contributed by atoms with E-state index in [4.69, 9.17) is 22.1 Å². The number of hydrogen-bond acceptors (Lipinski definition) is 7.